The minimum absolute atomic E-state index is 0.176. The van der Waals surface area contributed by atoms with Crippen molar-refractivity contribution >= 4 is 34.9 Å². The topological polar surface area (TPSA) is 53.2 Å². The Balaban J connectivity index is 1.66. The van der Waals surface area contributed by atoms with Gasteiger partial charge in [0.05, 0.1) is 10.0 Å². The number of carbonyl (C=O) groups excluding carboxylic acids is 1. The van der Waals surface area contributed by atoms with Crippen molar-refractivity contribution in [2.24, 2.45) is 0 Å². The van der Waals surface area contributed by atoms with Crippen molar-refractivity contribution in [3.63, 3.8) is 0 Å². The standard InChI is InChI=1S/C23H27Cl2F2N3O/c1-23(10-11-28-16-4-2-3-5-16,15-6-8-18(24)19(25)12-15)14-29-22(31)30-17-7-9-20(26)21(27)13-17/h6-9,12-13,16,28H,2-5,10-11,14H2,1H3,(H2,29,30,31). The summed E-state index contributed by atoms with van der Waals surface area (Å²) in [6, 6.07) is 8.76. The van der Waals surface area contributed by atoms with E-state index in [0.29, 0.717) is 22.6 Å². The molecule has 3 N–H and O–H groups in total. The number of rotatable bonds is 8. The minimum Gasteiger partial charge on any atom is -0.337 e. The Labute approximate surface area is 191 Å². The number of benzene rings is 2. The molecule has 31 heavy (non-hydrogen) atoms. The van der Waals surface area contributed by atoms with Crippen LogP contribution in [0.3, 0.4) is 0 Å². The molecule has 0 spiro atoms. The SMILES string of the molecule is CC(CCNC1CCCC1)(CNC(=O)Nc1ccc(F)c(F)c1)c1ccc(Cl)c(Cl)c1. The summed E-state index contributed by atoms with van der Waals surface area (Å²) < 4.78 is 26.5. The first-order valence-corrected chi connectivity index (χ1v) is 11.2. The second-order valence-electron chi connectivity index (χ2n) is 8.31. The van der Waals surface area contributed by atoms with Gasteiger partial charge in [0.25, 0.3) is 0 Å². The van der Waals surface area contributed by atoms with Gasteiger partial charge in [-0.2, -0.15) is 0 Å². The number of urea groups is 1. The van der Waals surface area contributed by atoms with E-state index in [1.165, 1.54) is 31.7 Å². The molecular formula is C23H27Cl2F2N3O. The van der Waals surface area contributed by atoms with Crippen LogP contribution in [0.1, 0.15) is 44.6 Å². The first kappa shape index (κ1) is 23.8. The molecule has 1 fully saturated rings. The lowest BCUT2D eigenvalue weighted by Crippen LogP contribution is -2.43. The molecule has 3 rings (SSSR count). The van der Waals surface area contributed by atoms with Crippen molar-refractivity contribution in [2.45, 2.75) is 50.5 Å². The second kappa shape index (κ2) is 10.6. The van der Waals surface area contributed by atoms with Crippen LogP contribution in [-0.2, 0) is 5.41 Å². The van der Waals surface area contributed by atoms with Crippen LogP contribution in [0.5, 0.6) is 0 Å². The summed E-state index contributed by atoms with van der Waals surface area (Å²) in [4.78, 5) is 12.4. The van der Waals surface area contributed by atoms with Gasteiger partial charge in [0, 0.05) is 29.8 Å². The third-order valence-electron chi connectivity index (χ3n) is 5.90. The highest BCUT2D eigenvalue weighted by atomic mass is 35.5. The van der Waals surface area contributed by atoms with E-state index in [1.54, 1.807) is 6.07 Å². The lowest BCUT2D eigenvalue weighted by molar-refractivity contribution is 0.248. The van der Waals surface area contributed by atoms with Gasteiger partial charge in [-0.15, -0.1) is 0 Å². The molecule has 0 heterocycles. The first-order valence-electron chi connectivity index (χ1n) is 10.5. The van der Waals surface area contributed by atoms with Gasteiger partial charge in [-0.1, -0.05) is 49.0 Å². The van der Waals surface area contributed by atoms with Gasteiger partial charge >= 0.3 is 6.03 Å². The zero-order valence-electron chi connectivity index (χ0n) is 17.4. The average molecular weight is 470 g/mol. The van der Waals surface area contributed by atoms with Crippen LogP contribution in [0, 0.1) is 11.6 Å². The molecule has 0 saturated heterocycles. The first-order chi connectivity index (χ1) is 14.8. The third kappa shape index (κ3) is 6.55. The fraction of sp³-hybridized carbons (Fsp3) is 0.435. The molecule has 1 aliphatic rings. The number of carbonyl (C=O) groups is 1. The Hall–Kier alpha value is -1.89. The van der Waals surface area contributed by atoms with Crippen LogP contribution in [0.2, 0.25) is 10.0 Å². The Morgan fingerprint density at radius 1 is 1.06 bits per heavy atom. The highest BCUT2D eigenvalue weighted by Gasteiger charge is 2.28. The molecule has 1 saturated carbocycles. The summed E-state index contributed by atoms with van der Waals surface area (Å²) >= 11 is 12.3. The van der Waals surface area contributed by atoms with Gasteiger partial charge in [-0.05, 0) is 55.6 Å². The number of hydrogen-bond acceptors (Lipinski definition) is 2. The largest absolute Gasteiger partial charge is 0.337 e. The molecule has 0 aromatic heterocycles. The number of halogens is 4. The fourth-order valence-corrected chi connectivity index (χ4v) is 4.21. The second-order valence-corrected chi connectivity index (χ2v) is 9.13. The Morgan fingerprint density at radius 3 is 2.48 bits per heavy atom. The number of amides is 2. The molecule has 4 nitrogen and oxygen atoms in total. The van der Waals surface area contributed by atoms with Crippen LogP contribution in [0.15, 0.2) is 36.4 Å². The maximum absolute atomic E-state index is 13.4. The van der Waals surface area contributed by atoms with Crippen molar-refractivity contribution in [2.75, 3.05) is 18.4 Å². The van der Waals surface area contributed by atoms with Crippen LogP contribution in [0.4, 0.5) is 19.3 Å². The van der Waals surface area contributed by atoms with Crippen molar-refractivity contribution in [3.05, 3.63) is 63.6 Å². The van der Waals surface area contributed by atoms with Crippen LogP contribution in [0.25, 0.3) is 0 Å². The van der Waals surface area contributed by atoms with E-state index in [9.17, 15) is 13.6 Å². The summed E-state index contributed by atoms with van der Waals surface area (Å²) in [5.74, 6) is -1.98. The quantitative estimate of drug-likeness (QED) is 0.426. The highest BCUT2D eigenvalue weighted by molar-refractivity contribution is 6.42. The lowest BCUT2D eigenvalue weighted by atomic mass is 9.79. The van der Waals surface area contributed by atoms with Gasteiger partial charge in [0.2, 0.25) is 0 Å². The van der Waals surface area contributed by atoms with Gasteiger partial charge < -0.3 is 16.0 Å². The predicted octanol–water partition coefficient (Wildman–Crippen LogP) is 6.27. The van der Waals surface area contributed by atoms with Gasteiger partial charge in [0.15, 0.2) is 11.6 Å². The smallest absolute Gasteiger partial charge is 0.319 e. The molecule has 2 aromatic rings. The van der Waals surface area contributed by atoms with E-state index in [1.807, 2.05) is 12.1 Å². The maximum atomic E-state index is 13.4. The molecule has 0 radical (unpaired) electrons. The van der Waals surface area contributed by atoms with Crippen LogP contribution >= 0.6 is 23.2 Å². The van der Waals surface area contributed by atoms with Crippen LogP contribution < -0.4 is 16.0 Å². The normalized spacial score (nSPS) is 16.2. The molecule has 1 atom stereocenters. The molecule has 1 aliphatic carbocycles. The third-order valence-corrected chi connectivity index (χ3v) is 6.64. The number of anilines is 1. The lowest BCUT2D eigenvalue weighted by Gasteiger charge is -2.31. The van der Waals surface area contributed by atoms with E-state index in [-0.39, 0.29) is 5.69 Å². The maximum Gasteiger partial charge on any atom is 0.319 e. The zero-order valence-corrected chi connectivity index (χ0v) is 18.9. The zero-order chi connectivity index (χ0) is 22.4. The van der Waals surface area contributed by atoms with E-state index < -0.39 is 23.1 Å². The predicted molar refractivity (Wildman–Crippen MR) is 122 cm³/mol. The molecular weight excluding hydrogens is 443 g/mol. The van der Waals surface area contributed by atoms with Gasteiger partial charge in [-0.25, -0.2) is 13.6 Å². The van der Waals surface area contributed by atoms with Crippen molar-refractivity contribution in [1.29, 1.82) is 0 Å². The van der Waals surface area contributed by atoms with Crippen molar-refractivity contribution < 1.29 is 13.6 Å². The number of hydrogen-bond donors (Lipinski definition) is 3. The van der Waals surface area contributed by atoms with Crippen molar-refractivity contribution in [3.8, 4) is 0 Å². The number of nitrogens with one attached hydrogen (secondary N) is 3. The van der Waals surface area contributed by atoms with Gasteiger partial charge in [0.1, 0.15) is 0 Å². The molecule has 0 bridgehead atoms. The molecule has 8 heteroatoms. The fourth-order valence-electron chi connectivity index (χ4n) is 3.91. The Kier molecular flexibility index (Phi) is 8.14. The minimum atomic E-state index is -1.02. The summed E-state index contributed by atoms with van der Waals surface area (Å²) in [7, 11) is 0. The monoisotopic (exact) mass is 469 g/mol. The summed E-state index contributed by atoms with van der Waals surface area (Å²) in [6.07, 6.45) is 5.67. The molecule has 2 aromatic carbocycles. The molecule has 168 valence electrons. The summed E-state index contributed by atoms with van der Waals surface area (Å²) in [6.45, 7) is 3.18. The molecule has 1 unspecified atom stereocenters. The van der Waals surface area contributed by atoms with E-state index in [0.717, 1.165) is 30.7 Å². The molecule has 0 aliphatic heterocycles. The highest BCUT2D eigenvalue weighted by Crippen LogP contribution is 2.32. The molecule has 2 amide bonds. The summed E-state index contributed by atoms with van der Waals surface area (Å²) in [5, 5.41) is 9.92. The average Bonchev–Trinajstić information content (AvgIpc) is 3.25. The van der Waals surface area contributed by atoms with E-state index >= 15 is 0 Å². The Bertz CT molecular complexity index is 922. The van der Waals surface area contributed by atoms with E-state index in [4.69, 9.17) is 23.2 Å². The van der Waals surface area contributed by atoms with Gasteiger partial charge in [-0.3, -0.25) is 0 Å². The van der Waals surface area contributed by atoms with E-state index in [2.05, 4.69) is 22.9 Å². The summed E-state index contributed by atoms with van der Waals surface area (Å²) in [5.41, 5.74) is 0.726. The Morgan fingerprint density at radius 2 is 1.81 bits per heavy atom. The van der Waals surface area contributed by atoms with Crippen LogP contribution in [-0.4, -0.2) is 25.2 Å². The van der Waals surface area contributed by atoms with Crippen molar-refractivity contribution in [1.82, 2.24) is 10.6 Å².